The molecule has 3 aromatic rings. The molecule has 2 aromatic heterocycles. The number of carbonyl (C=O) groups excluding carboxylic acids is 1. The molecule has 1 aromatic carbocycles. The van der Waals surface area contributed by atoms with Crippen molar-refractivity contribution in [1.29, 1.82) is 0 Å². The smallest absolute Gasteiger partial charge is 0.356 e. The highest BCUT2D eigenvalue weighted by atomic mass is 16.5. The van der Waals surface area contributed by atoms with E-state index in [9.17, 15) is 19.8 Å². The zero-order valence-electron chi connectivity index (χ0n) is 12.1. The lowest BCUT2D eigenvalue weighted by Crippen LogP contribution is -2.03. The van der Waals surface area contributed by atoms with E-state index in [0.29, 0.717) is 5.56 Å². The third-order valence-corrected chi connectivity index (χ3v) is 3.41. The molecule has 23 heavy (non-hydrogen) atoms. The summed E-state index contributed by atoms with van der Waals surface area (Å²) in [7, 11) is 1.24. The lowest BCUT2D eigenvalue weighted by atomic mass is 10.2. The molecule has 0 fully saturated rings. The zero-order valence-corrected chi connectivity index (χ0v) is 12.1. The third-order valence-electron chi connectivity index (χ3n) is 3.41. The number of carbonyl (C=O) groups is 2. The molecule has 3 rings (SSSR count). The number of carboxylic acids is 1. The van der Waals surface area contributed by atoms with Crippen molar-refractivity contribution in [1.82, 2.24) is 9.38 Å². The molecule has 7 heteroatoms. The summed E-state index contributed by atoms with van der Waals surface area (Å²) in [6.07, 6.45) is 1.52. The number of imidazole rings is 1. The second-order valence-corrected chi connectivity index (χ2v) is 4.77. The van der Waals surface area contributed by atoms with E-state index in [0.717, 1.165) is 0 Å². The number of para-hydroxylation sites is 1. The lowest BCUT2D eigenvalue weighted by molar-refractivity contribution is 0.0599. The monoisotopic (exact) mass is 312 g/mol. The fourth-order valence-electron chi connectivity index (χ4n) is 2.34. The number of benzene rings is 1. The fraction of sp³-hybridized carbons (Fsp3) is 0.0625. The Hall–Kier alpha value is -3.35. The maximum atomic E-state index is 11.6. The molecule has 0 aliphatic heterocycles. The second-order valence-electron chi connectivity index (χ2n) is 4.77. The van der Waals surface area contributed by atoms with Gasteiger partial charge in [0.15, 0.2) is 5.69 Å². The van der Waals surface area contributed by atoms with Gasteiger partial charge in [-0.15, -0.1) is 0 Å². The van der Waals surface area contributed by atoms with E-state index in [-0.39, 0.29) is 28.3 Å². The summed E-state index contributed by atoms with van der Waals surface area (Å²) in [6, 6.07) is 9.37. The molecular formula is C16H12N2O5. The first-order valence-corrected chi connectivity index (χ1v) is 6.65. The van der Waals surface area contributed by atoms with Gasteiger partial charge in [0, 0.05) is 6.20 Å². The predicted molar refractivity (Wildman–Crippen MR) is 80.6 cm³/mol. The number of aromatic nitrogens is 2. The van der Waals surface area contributed by atoms with E-state index in [4.69, 9.17) is 0 Å². The number of carboxylic acid groups (broad SMARTS) is 1. The van der Waals surface area contributed by atoms with Crippen molar-refractivity contribution in [2.45, 2.75) is 0 Å². The number of ether oxygens (including phenoxy) is 1. The number of hydrogen-bond donors (Lipinski definition) is 2. The minimum Gasteiger partial charge on any atom is -0.507 e. The second kappa shape index (κ2) is 5.45. The lowest BCUT2D eigenvalue weighted by Gasteiger charge is -2.05. The van der Waals surface area contributed by atoms with E-state index in [1.54, 1.807) is 18.2 Å². The van der Waals surface area contributed by atoms with Crippen LogP contribution in [-0.2, 0) is 4.74 Å². The minimum absolute atomic E-state index is 0.0200. The van der Waals surface area contributed by atoms with Crippen molar-refractivity contribution in [2.75, 3.05) is 7.11 Å². The molecule has 0 unspecified atom stereocenters. The van der Waals surface area contributed by atoms with E-state index >= 15 is 0 Å². The Labute approximate surface area is 130 Å². The number of aromatic carboxylic acids is 1. The van der Waals surface area contributed by atoms with Crippen LogP contribution >= 0.6 is 0 Å². The van der Waals surface area contributed by atoms with Crippen LogP contribution in [0.4, 0.5) is 0 Å². The molecule has 0 aliphatic rings. The average Bonchev–Trinajstić information content (AvgIpc) is 2.93. The summed E-state index contributed by atoms with van der Waals surface area (Å²) >= 11 is 0. The van der Waals surface area contributed by atoms with Crippen LogP contribution in [0.1, 0.15) is 20.8 Å². The summed E-state index contributed by atoms with van der Waals surface area (Å²) in [6.45, 7) is 0. The Morgan fingerprint density at radius 1 is 1.22 bits per heavy atom. The van der Waals surface area contributed by atoms with Gasteiger partial charge in [0.1, 0.15) is 11.6 Å². The van der Waals surface area contributed by atoms with Crippen molar-refractivity contribution in [3.63, 3.8) is 0 Å². The summed E-state index contributed by atoms with van der Waals surface area (Å²) < 4.78 is 6.14. The van der Waals surface area contributed by atoms with Crippen molar-refractivity contribution in [3.8, 4) is 17.1 Å². The standard InChI is InChI=1S/C16H12N2O5/c1-23-16(22)9-6-7-18-11(8-9)13(15(20)21)17-14(18)10-4-2-3-5-12(10)19/h2-8,19H,1H3,(H,20,21). The van der Waals surface area contributed by atoms with Crippen LogP contribution in [0.25, 0.3) is 16.9 Å². The Morgan fingerprint density at radius 3 is 2.61 bits per heavy atom. The Morgan fingerprint density at radius 2 is 1.96 bits per heavy atom. The molecule has 0 spiro atoms. The number of methoxy groups -OCH3 is 1. The van der Waals surface area contributed by atoms with Crippen molar-refractivity contribution >= 4 is 17.5 Å². The van der Waals surface area contributed by atoms with Gasteiger partial charge in [-0.3, -0.25) is 4.40 Å². The van der Waals surface area contributed by atoms with Crippen LogP contribution in [0, 0.1) is 0 Å². The van der Waals surface area contributed by atoms with Gasteiger partial charge in [-0.1, -0.05) is 12.1 Å². The van der Waals surface area contributed by atoms with Crippen LogP contribution < -0.4 is 0 Å². The molecule has 116 valence electrons. The highest BCUT2D eigenvalue weighted by Crippen LogP contribution is 2.30. The molecule has 7 nitrogen and oxygen atoms in total. The molecule has 0 bridgehead atoms. The van der Waals surface area contributed by atoms with Gasteiger partial charge in [0.25, 0.3) is 0 Å². The Bertz CT molecular complexity index is 929. The van der Waals surface area contributed by atoms with Crippen LogP contribution in [-0.4, -0.2) is 38.6 Å². The zero-order chi connectivity index (χ0) is 16.6. The Kier molecular flexibility index (Phi) is 3.46. The summed E-state index contributed by atoms with van der Waals surface area (Å²) in [5.74, 6) is -1.55. The van der Waals surface area contributed by atoms with Gasteiger partial charge in [0.2, 0.25) is 0 Å². The first-order valence-electron chi connectivity index (χ1n) is 6.65. The largest absolute Gasteiger partial charge is 0.507 e. The molecule has 0 amide bonds. The normalized spacial score (nSPS) is 10.7. The number of pyridine rings is 1. The number of nitrogens with zero attached hydrogens (tertiary/aromatic N) is 2. The van der Waals surface area contributed by atoms with Crippen LogP contribution in [0.3, 0.4) is 0 Å². The van der Waals surface area contributed by atoms with Crippen LogP contribution in [0.5, 0.6) is 5.75 Å². The number of phenols is 1. The third kappa shape index (κ3) is 2.38. The molecule has 0 aliphatic carbocycles. The highest BCUT2D eigenvalue weighted by molar-refractivity contribution is 5.98. The van der Waals surface area contributed by atoms with Gasteiger partial charge in [-0.25, -0.2) is 14.6 Å². The quantitative estimate of drug-likeness (QED) is 0.719. The van der Waals surface area contributed by atoms with E-state index in [2.05, 4.69) is 9.72 Å². The topological polar surface area (TPSA) is 101 Å². The summed E-state index contributed by atoms with van der Waals surface area (Å²) in [4.78, 5) is 27.2. The molecule has 0 saturated heterocycles. The van der Waals surface area contributed by atoms with Gasteiger partial charge >= 0.3 is 11.9 Å². The van der Waals surface area contributed by atoms with Crippen molar-refractivity contribution in [3.05, 3.63) is 53.9 Å². The molecule has 0 radical (unpaired) electrons. The minimum atomic E-state index is -1.23. The number of esters is 1. The number of phenolic OH excluding ortho intramolecular Hbond substituents is 1. The first kappa shape index (κ1) is 14.6. The molecule has 2 heterocycles. The maximum absolute atomic E-state index is 11.6. The predicted octanol–water partition coefficient (Wildman–Crippen LogP) is 2.19. The molecule has 2 N–H and O–H groups in total. The molecular weight excluding hydrogens is 300 g/mol. The van der Waals surface area contributed by atoms with Gasteiger partial charge in [-0.05, 0) is 24.3 Å². The Balaban J connectivity index is 2.31. The van der Waals surface area contributed by atoms with Crippen molar-refractivity contribution < 1.29 is 24.5 Å². The van der Waals surface area contributed by atoms with E-state index in [1.165, 1.54) is 35.9 Å². The van der Waals surface area contributed by atoms with Gasteiger partial charge in [-0.2, -0.15) is 0 Å². The van der Waals surface area contributed by atoms with E-state index < -0.39 is 11.9 Å². The van der Waals surface area contributed by atoms with Crippen molar-refractivity contribution in [2.24, 2.45) is 0 Å². The van der Waals surface area contributed by atoms with E-state index in [1.807, 2.05) is 0 Å². The number of rotatable bonds is 3. The molecule has 0 saturated carbocycles. The summed E-state index contributed by atoms with van der Waals surface area (Å²) in [5.41, 5.74) is 0.625. The number of hydrogen-bond acceptors (Lipinski definition) is 5. The SMILES string of the molecule is COC(=O)c1ccn2c(-c3ccccc3O)nc(C(=O)O)c2c1. The first-order chi connectivity index (χ1) is 11.0. The summed E-state index contributed by atoms with van der Waals surface area (Å²) in [5, 5.41) is 19.3. The average molecular weight is 312 g/mol. The van der Waals surface area contributed by atoms with Gasteiger partial charge < -0.3 is 14.9 Å². The maximum Gasteiger partial charge on any atom is 0.356 e. The highest BCUT2D eigenvalue weighted by Gasteiger charge is 2.20. The molecule has 0 atom stereocenters. The fourth-order valence-corrected chi connectivity index (χ4v) is 2.34. The van der Waals surface area contributed by atoms with Crippen LogP contribution in [0.15, 0.2) is 42.6 Å². The van der Waals surface area contributed by atoms with Gasteiger partial charge in [0.05, 0.1) is 23.8 Å². The number of aromatic hydroxyl groups is 1. The van der Waals surface area contributed by atoms with Crippen LogP contribution in [0.2, 0.25) is 0 Å². The number of fused-ring (bicyclic) bond motifs is 1.